The highest BCUT2D eigenvalue weighted by molar-refractivity contribution is 5.88. The van der Waals surface area contributed by atoms with Crippen molar-refractivity contribution in [2.75, 3.05) is 0 Å². The summed E-state index contributed by atoms with van der Waals surface area (Å²) in [6, 6.07) is 6.63. The van der Waals surface area contributed by atoms with Gasteiger partial charge in [0.15, 0.2) is 0 Å². The molecule has 2 rings (SSSR count). The van der Waals surface area contributed by atoms with E-state index in [1.807, 2.05) is 0 Å². The van der Waals surface area contributed by atoms with E-state index in [1.54, 1.807) is 28.9 Å². The summed E-state index contributed by atoms with van der Waals surface area (Å²) in [6.07, 6.45) is 1.75. The van der Waals surface area contributed by atoms with Gasteiger partial charge in [0, 0.05) is 6.54 Å². The Morgan fingerprint density at radius 3 is 2.89 bits per heavy atom. The van der Waals surface area contributed by atoms with Crippen LogP contribution < -0.4 is 5.73 Å². The number of aromatic nitrogens is 3. The molecular weight excluding hydrogens is 244 g/mol. The summed E-state index contributed by atoms with van der Waals surface area (Å²) in [5.74, 6) is -0.960. The van der Waals surface area contributed by atoms with Crippen LogP contribution in [-0.2, 0) is 13.0 Å². The van der Waals surface area contributed by atoms with Crippen molar-refractivity contribution in [3.63, 3.8) is 0 Å². The molecule has 0 aliphatic rings. The predicted molar refractivity (Wildman–Crippen MR) is 70.2 cm³/mol. The fraction of sp³-hybridized carbons (Fsp3) is 0.308. The lowest BCUT2D eigenvalue weighted by molar-refractivity contribution is 0.0697. The summed E-state index contributed by atoms with van der Waals surface area (Å²) in [5.41, 5.74) is 8.25. The molecule has 0 amide bonds. The Kier molecular flexibility index (Phi) is 3.91. The molecule has 100 valence electrons. The van der Waals surface area contributed by atoms with E-state index in [0.29, 0.717) is 12.2 Å². The fourth-order valence-corrected chi connectivity index (χ4v) is 1.96. The molecule has 1 aromatic heterocycles. The van der Waals surface area contributed by atoms with E-state index >= 15 is 0 Å². The molecule has 0 aliphatic heterocycles. The summed E-state index contributed by atoms with van der Waals surface area (Å²) >= 11 is 0. The number of nitrogens with two attached hydrogens (primary N) is 1. The van der Waals surface area contributed by atoms with E-state index in [9.17, 15) is 4.79 Å². The van der Waals surface area contributed by atoms with E-state index in [4.69, 9.17) is 10.8 Å². The first-order valence-corrected chi connectivity index (χ1v) is 6.14. The Balaban J connectivity index is 2.49. The summed E-state index contributed by atoms with van der Waals surface area (Å²) in [5, 5.41) is 17.1. The van der Waals surface area contributed by atoms with E-state index in [0.717, 1.165) is 24.2 Å². The van der Waals surface area contributed by atoms with Gasteiger partial charge in [-0.05, 0) is 24.6 Å². The van der Waals surface area contributed by atoms with Crippen molar-refractivity contribution in [2.24, 2.45) is 5.73 Å². The van der Waals surface area contributed by atoms with Gasteiger partial charge in [-0.2, -0.15) is 0 Å². The molecule has 0 aliphatic carbocycles. The van der Waals surface area contributed by atoms with Crippen LogP contribution in [0.3, 0.4) is 0 Å². The molecule has 1 aromatic carbocycles. The number of hydrogen-bond acceptors (Lipinski definition) is 4. The molecular formula is C13H16N4O2. The third-order valence-electron chi connectivity index (χ3n) is 2.86. The number of hydrogen-bond donors (Lipinski definition) is 2. The highest BCUT2D eigenvalue weighted by Crippen LogP contribution is 2.16. The van der Waals surface area contributed by atoms with Crippen molar-refractivity contribution in [1.82, 2.24) is 15.0 Å². The predicted octanol–water partition coefficient (Wildman–Crippen LogP) is 1.38. The molecule has 3 N–H and O–H groups in total. The maximum atomic E-state index is 11.0. The number of nitrogens with zero attached hydrogens (tertiary/aromatic N) is 3. The molecule has 0 spiro atoms. The van der Waals surface area contributed by atoms with Gasteiger partial charge in [-0.25, -0.2) is 9.48 Å². The fourth-order valence-electron chi connectivity index (χ4n) is 1.96. The van der Waals surface area contributed by atoms with Crippen LogP contribution in [0.2, 0.25) is 0 Å². The SMILES string of the molecule is CCCc1c(CN)nnn1-c1cccc(C(=O)O)c1. The second-order valence-corrected chi connectivity index (χ2v) is 4.20. The van der Waals surface area contributed by atoms with E-state index in [2.05, 4.69) is 17.2 Å². The van der Waals surface area contributed by atoms with E-state index in [1.165, 1.54) is 0 Å². The van der Waals surface area contributed by atoms with Crippen LogP contribution in [0.1, 0.15) is 35.1 Å². The number of aromatic carboxylic acids is 1. The molecule has 0 fully saturated rings. The second-order valence-electron chi connectivity index (χ2n) is 4.20. The number of benzene rings is 1. The molecule has 19 heavy (non-hydrogen) atoms. The summed E-state index contributed by atoms with van der Waals surface area (Å²) in [4.78, 5) is 11.0. The molecule has 0 saturated heterocycles. The smallest absolute Gasteiger partial charge is 0.335 e. The first-order valence-electron chi connectivity index (χ1n) is 6.14. The van der Waals surface area contributed by atoms with Gasteiger partial charge < -0.3 is 10.8 Å². The first-order chi connectivity index (χ1) is 9.17. The standard InChI is InChI=1S/C13H16N4O2/c1-2-4-12-11(8-14)15-16-17(12)10-6-3-5-9(7-10)13(18)19/h3,5-7H,2,4,8,14H2,1H3,(H,18,19). The van der Waals surface area contributed by atoms with Crippen LogP contribution in [0.4, 0.5) is 0 Å². The van der Waals surface area contributed by atoms with Crippen LogP contribution in [-0.4, -0.2) is 26.1 Å². The maximum absolute atomic E-state index is 11.0. The molecule has 0 unspecified atom stereocenters. The Morgan fingerprint density at radius 2 is 2.26 bits per heavy atom. The van der Waals surface area contributed by atoms with Crippen LogP contribution in [0.25, 0.3) is 5.69 Å². The second kappa shape index (κ2) is 5.62. The quantitative estimate of drug-likeness (QED) is 0.846. The van der Waals surface area contributed by atoms with Gasteiger partial charge in [0.05, 0.1) is 22.6 Å². The van der Waals surface area contributed by atoms with Gasteiger partial charge in [0.2, 0.25) is 0 Å². The third kappa shape index (κ3) is 2.63. The Morgan fingerprint density at radius 1 is 1.47 bits per heavy atom. The monoisotopic (exact) mass is 260 g/mol. The lowest BCUT2D eigenvalue weighted by atomic mass is 10.1. The number of rotatable bonds is 5. The lowest BCUT2D eigenvalue weighted by Crippen LogP contribution is -2.07. The van der Waals surface area contributed by atoms with Crippen molar-refractivity contribution in [3.05, 3.63) is 41.2 Å². The van der Waals surface area contributed by atoms with Crippen molar-refractivity contribution < 1.29 is 9.90 Å². The molecule has 0 atom stereocenters. The van der Waals surface area contributed by atoms with Gasteiger partial charge >= 0.3 is 5.97 Å². The normalized spacial score (nSPS) is 10.6. The molecule has 2 aromatic rings. The molecule has 0 bridgehead atoms. The zero-order valence-electron chi connectivity index (χ0n) is 10.7. The zero-order valence-corrected chi connectivity index (χ0v) is 10.7. The highest BCUT2D eigenvalue weighted by atomic mass is 16.4. The third-order valence-corrected chi connectivity index (χ3v) is 2.86. The molecule has 1 heterocycles. The van der Waals surface area contributed by atoms with Crippen molar-refractivity contribution >= 4 is 5.97 Å². The number of carboxylic acids is 1. The molecule has 6 nitrogen and oxygen atoms in total. The van der Waals surface area contributed by atoms with Crippen LogP contribution >= 0.6 is 0 Å². The molecule has 0 saturated carbocycles. The minimum atomic E-state index is -0.960. The van der Waals surface area contributed by atoms with Gasteiger partial charge in [-0.15, -0.1) is 5.10 Å². The van der Waals surface area contributed by atoms with Crippen molar-refractivity contribution in [1.29, 1.82) is 0 Å². The molecule has 6 heteroatoms. The minimum absolute atomic E-state index is 0.227. The topological polar surface area (TPSA) is 94.0 Å². The average Bonchev–Trinajstić information content (AvgIpc) is 2.82. The van der Waals surface area contributed by atoms with Crippen LogP contribution in [0.15, 0.2) is 24.3 Å². The van der Waals surface area contributed by atoms with Crippen molar-refractivity contribution in [2.45, 2.75) is 26.3 Å². The van der Waals surface area contributed by atoms with Crippen LogP contribution in [0.5, 0.6) is 0 Å². The average molecular weight is 260 g/mol. The van der Waals surface area contributed by atoms with Gasteiger partial charge in [-0.3, -0.25) is 0 Å². The lowest BCUT2D eigenvalue weighted by Gasteiger charge is -2.07. The highest BCUT2D eigenvalue weighted by Gasteiger charge is 2.13. The molecule has 0 radical (unpaired) electrons. The Labute approximate surface area is 110 Å². The van der Waals surface area contributed by atoms with E-state index in [-0.39, 0.29) is 5.56 Å². The largest absolute Gasteiger partial charge is 0.478 e. The summed E-state index contributed by atoms with van der Waals surface area (Å²) < 4.78 is 1.66. The van der Waals surface area contributed by atoms with Crippen molar-refractivity contribution in [3.8, 4) is 5.69 Å². The zero-order chi connectivity index (χ0) is 13.8. The Bertz CT molecular complexity index is 592. The van der Waals surface area contributed by atoms with Gasteiger partial charge in [0.1, 0.15) is 0 Å². The number of carbonyl (C=O) groups is 1. The summed E-state index contributed by atoms with van der Waals surface area (Å²) in [7, 11) is 0. The maximum Gasteiger partial charge on any atom is 0.335 e. The minimum Gasteiger partial charge on any atom is -0.478 e. The van der Waals surface area contributed by atoms with Crippen LogP contribution in [0, 0.1) is 0 Å². The van der Waals surface area contributed by atoms with Gasteiger partial charge in [0.25, 0.3) is 0 Å². The Hall–Kier alpha value is -2.21. The first kappa shape index (κ1) is 13.2. The summed E-state index contributed by atoms with van der Waals surface area (Å²) in [6.45, 7) is 2.39. The number of carboxylic acid groups (broad SMARTS) is 1. The van der Waals surface area contributed by atoms with Gasteiger partial charge in [-0.1, -0.05) is 24.6 Å². The van der Waals surface area contributed by atoms with E-state index < -0.39 is 5.97 Å².